The maximum Gasteiger partial charge on any atom is 0.262 e. The van der Waals surface area contributed by atoms with Gasteiger partial charge in [0.05, 0.1) is 11.5 Å². The molecule has 7 heteroatoms. The van der Waals surface area contributed by atoms with Crippen LogP contribution in [-0.2, 0) is 4.74 Å². The summed E-state index contributed by atoms with van der Waals surface area (Å²) in [7, 11) is 0. The zero-order chi connectivity index (χ0) is 17.2. The number of benzene rings is 1. The summed E-state index contributed by atoms with van der Waals surface area (Å²) in [6.45, 7) is 1.40. The number of H-pyrrole nitrogens is 1. The molecule has 2 aromatic heterocycles. The first kappa shape index (κ1) is 16.1. The van der Waals surface area contributed by atoms with Crippen molar-refractivity contribution < 1.29 is 4.74 Å². The van der Waals surface area contributed by atoms with Gasteiger partial charge in [-0.15, -0.1) is 0 Å². The number of hydrogen-bond acceptors (Lipinski definition) is 5. The van der Waals surface area contributed by atoms with Gasteiger partial charge >= 0.3 is 0 Å². The van der Waals surface area contributed by atoms with E-state index in [1.165, 1.54) is 0 Å². The van der Waals surface area contributed by atoms with Crippen LogP contribution >= 0.6 is 11.6 Å². The number of ether oxygens (including phenoxy) is 1. The van der Waals surface area contributed by atoms with Crippen molar-refractivity contribution in [3.63, 3.8) is 0 Å². The fraction of sp³-hybridized carbons (Fsp3) is 0.278. The van der Waals surface area contributed by atoms with Gasteiger partial charge in [-0.1, -0.05) is 29.8 Å². The molecule has 1 aliphatic heterocycles. The first-order valence-electron chi connectivity index (χ1n) is 8.22. The zero-order valence-corrected chi connectivity index (χ0v) is 14.2. The Hall–Kier alpha value is -2.44. The van der Waals surface area contributed by atoms with Crippen molar-refractivity contribution in [1.82, 2.24) is 15.0 Å². The SMILES string of the molecule is O=c1[nH]c(NCC2CCCO2)nc2nccc(-c3ccccc3Cl)c12. The number of rotatable bonds is 4. The molecule has 0 amide bonds. The van der Waals surface area contributed by atoms with Crippen molar-refractivity contribution in [2.75, 3.05) is 18.5 Å². The number of pyridine rings is 1. The molecular formula is C18H17ClN4O2. The molecule has 128 valence electrons. The molecule has 25 heavy (non-hydrogen) atoms. The monoisotopic (exact) mass is 356 g/mol. The van der Waals surface area contributed by atoms with Gasteiger partial charge in [-0.25, -0.2) is 4.98 Å². The Kier molecular flexibility index (Phi) is 4.38. The normalized spacial score (nSPS) is 17.1. The summed E-state index contributed by atoms with van der Waals surface area (Å²) < 4.78 is 5.57. The second kappa shape index (κ2) is 6.82. The molecule has 1 aromatic carbocycles. The van der Waals surface area contributed by atoms with Crippen molar-refractivity contribution in [3.8, 4) is 11.1 Å². The average Bonchev–Trinajstić information content (AvgIpc) is 3.13. The van der Waals surface area contributed by atoms with Crippen LogP contribution in [0, 0.1) is 0 Å². The molecule has 1 fully saturated rings. The Bertz CT molecular complexity index is 967. The minimum atomic E-state index is -0.247. The number of aromatic amines is 1. The molecule has 4 rings (SSSR count). The summed E-state index contributed by atoms with van der Waals surface area (Å²) in [5, 5.41) is 4.14. The number of hydrogen-bond donors (Lipinski definition) is 2. The van der Waals surface area contributed by atoms with Crippen molar-refractivity contribution in [2.45, 2.75) is 18.9 Å². The summed E-state index contributed by atoms with van der Waals surface area (Å²) in [6.07, 6.45) is 3.87. The van der Waals surface area contributed by atoms with Crippen LogP contribution in [0.1, 0.15) is 12.8 Å². The third kappa shape index (κ3) is 3.23. The molecule has 0 bridgehead atoms. The molecule has 0 spiro atoms. The largest absolute Gasteiger partial charge is 0.376 e. The maximum absolute atomic E-state index is 12.7. The highest BCUT2D eigenvalue weighted by atomic mass is 35.5. The van der Waals surface area contributed by atoms with E-state index in [1.54, 1.807) is 18.3 Å². The highest BCUT2D eigenvalue weighted by molar-refractivity contribution is 6.33. The van der Waals surface area contributed by atoms with Gasteiger partial charge in [0.15, 0.2) is 5.65 Å². The number of halogens is 1. The predicted molar refractivity (Wildman–Crippen MR) is 98.1 cm³/mol. The summed E-state index contributed by atoms with van der Waals surface area (Å²) in [5.41, 5.74) is 1.64. The molecule has 3 heterocycles. The van der Waals surface area contributed by atoms with E-state index >= 15 is 0 Å². The second-order valence-corrected chi connectivity index (χ2v) is 6.37. The lowest BCUT2D eigenvalue weighted by molar-refractivity contribution is 0.120. The van der Waals surface area contributed by atoms with Crippen LogP contribution in [0.25, 0.3) is 22.2 Å². The molecule has 0 aliphatic carbocycles. The van der Waals surface area contributed by atoms with Crippen molar-refractivity contribution >= 4 is 28.6 Å². The highest BCUT2D eigenvalue weighted by Gasteiger charge is 2.17. The Morgan fingerprint density at radius 2 is 2.16 bits per heavy atom. The Balaban J connectivity index is 1.73. The van der Waals surface area contributed by atoms with Gasteiger partial charge in [0.1, 0.15) is 0 Å². The third-order valence-electron chi connectivity index (χ3n) is 4.29. The molecular weight excluding hydrogens is 340 g/mol. The lowest BCUT2D eigenvalue weighted by Gasteiger charge is -2.12. The maximum atomic E-state index is 12.7. The Morgan fingerprint density at radius 1 is 1.28 bits per heavy atom. The quantitative estimate of drug-likeness (QED) is 0.750. The fourth-order valence-corrected chi connectivity index (χ4v) is 3.30. The third-order valence-corrected chi connectivity index (χ3v) is 4.62. The first-order chi connectivity index (χ1) is 12.2. The van der Waals surface area contributed by atoms with Crippen LogP contribution in [0.15, 0.2) is 41.3 Å². The van der Waals surface area contributed by atoms with Crippen LogP contribution in [0.3, 0.4) is 0 Å². The predicted octanol–water partition coefficient (Wildman–Crippen LogP) is 3.23. The lowest BCUT2D eigenvalue weighted by Crippen LogP contribution is -2.22. The van der Waals surface area contributed by atoms with Gasteiger partial charge in [-0.05, 0) is 25.0 Å². The van der Waals surface area contributed by atoms with Crippen molar-refractivity contribution in [1.29, 1.82) is 0 Å². The van der Waals surface area contributed by atoms with Crippen molar-refractivity contribution in [2.24, 2.45) is 0 Å². The second-order valence-electron chi connectivity index (χ2n) is 5.97. The van der Waals surface area contributed by atoms with E-state index < -0.39 is 0 Å². The van der Waals surface area contributed by atoms with E-state index in [0.717, 1.165) is 30.6 Å². The van der Waals surface area contributed by atoms with Gasteiger partial charge < -0.3 is 10.1 Å². The van der Waals surface area contributed by atoms with Gasteiger partial charge in [0.25, 0.3) is 5.56 Å². The van der Waals surface area contributed by atoms with E-state index in [-0.39, 0.29) is 11.7 Å². The van der Waals surface area contributed by atoms with E-state index in [2.05, 4.69) is 20.3 Å². The molecule has 6 nitrogen and oxygen atoms in total. The summed E-state index contributed by atoms with van der Waals surface area (Å²) in [5.74, 6) is 0.400. The van der Waals surface area contributed by atoms with Crippen LogP contribution in [-0.4, -0.2) is 34.2 Å². The number of fused-ring (bicyclic) bond motifs is 1. The molecule has 2 N–H and O–H groups in total. The number of nitrogens with one attached hydrogen (secondary N) is 2. The minimum Gasteiger partial charge on any atom is -0.376 e. The standard InChI is InChI=1S/C18H17ClN4O2/c19-14-6-2-1-5-12(14)13-7-8-20-16-15(13)17(24)23-18(22-16)21-10-11-4-3-9-25-11/h1-2,5-8,11H,3-4,9-10H2,(H2,20,21,22,23,24). The number of aromatic nitrogens is 3. The number of nitrogens with zero attached hydrogens (tertiary/aromatic N) is 2. The lowest BCUT2D eigenvalue weighted by atomic mass is 10.0. The van der Waals surface area contributed by atoms with Crippen LogP contribution in [0.5, 0.6) is 0 Å². The first-order valence-corrected chi connectivity index (χ1v) is 8.59. The summed E-state index contributed by atoms with van der Waals surface area (Å²) in [6, 6.07) is 9.18. The van der Waals surface area contributed by atoms with E-state index in [0.29, 0.717) is 28.5 Å². The molecule has 0 radical (unpaired) electrons. The van der Waals surface area contributed by atoms with Crippen LogP contribution in [0.4, 0.5) is 5.95 Å². The smallest absolute Gasteiger partial charge is 0.262 e. The van der Waals surface area contributed by atoms with Gasteiger partial charge in [0, 0.05) is 35.5 Å². The topological polar surface area (TPSA) is 79.9 Å². The minimum absolute atomic E-state index is 0.156. The average molecular weight is 357 g/mol. The van der Waals surface area contributed by atoms with E-state index in [4.69, 9.17) is 16.3 Å². The molecule has 0 saturated carbocycles. The van der Waals surface area contributed by atoms with Gasteiger partial charge in [0.2, 0.25) is 5.95 Å². The highest BCUT2D eigenvalue weighted by Crippen LogP contribution is 2.30. The van der Waals surface area contributed by atoms with Crippen molar-refractivity contribution in [3.05, 3.63) is 51.9 Å². The van der Waals surface area contributed by atoms with Crippen LogP contribution in [0.2, 0.25) is 5.02 Å². The molecule has 1 unspecified atom stereocenters. The van der Waals surface area contributed by atoms with E-state index in [1.807, 2.05) is 18.2 Å². The summed E-state index contributed by atoms with van der Waals surface area (Å²) >= 11 is 6.29. The summed E-state index contributed by atoms with van der Waals surface area (Å²) in [4.78, 5) is 24.1. The molecule has 3 aromatic rings. The fourth-order valence-electron chi connectivity index (χ4n) is 3.07. The Morgan fingerprint density at radius 3 is 2.96 bits per heavy atom. The zero-order valence-electron chi connectivity index (χ0n) is 13.5. The molecule has 1 aliphatic rings. The van der Waals surface area contributed by atoms with Gasteiger partial charge in [-0.2, -0.15) is 4.98 Å². The number of anilines is 1. The molecule has 1 saturated heterocycles. The van der Waals surface area contributed by atoms with E-state index in [9.17, 15) is 4.79 Å². The van der Waals surface area contributed by atoms with Crippen LogP contribution < -0.4 is 10.9 Å². The molecule has 1 atom stereocenters. The van der Waals surface area contributed by atoms with Gasteiger partial charge in [-0.3, -0.25) is 9.78 Å². The Labute approximate surface area is 149 Å².